The van der Waals surface area contributed by atoms with Crippen LogP contribution in [0.25, 0.3) is 10.8 Å². The molecule has 3 rings (SSSR count). The van der Waals surface area contributed by atoms with Crippen molar-refractivity contribution in [3.05, 3.63) is 76.3 Å². The summed E-state index contributed by atoms with van der Waals surface area (Å²) in [6.07, 6.45) is 0. The molecular weight excluding hydrogens is 296 g/mol. The van der Waals surface area contributed by atoms with Crippen molar-refractivity contribution >= 4 is 28.1 Å². The Kier molecular flexibility index (Phi) is 3.64. The van der Waals surface area contributed by atoms with Crippen molar-refractivity contribution in [1.82, 2.24) is 0 Å². The molecule has 3 aromatic carbocycles. The van der Waals surface area contributed by atoms with Crippen LogP contribution in [0.15, 0.2) is 60.7 Å². The van der Waals surface area contributed by atoms with Crippen molar-refractivity contribution in [3.8, 4) is 5.75 Å². The van der Waals surface area contributed by atoms with Crippen LogP contribution >= 0.6 is 0 Å². The molecule has 0 bridgehead atoms. The largest absolute Gasteiger partial charge is 0.507 e. The standard InChI is InChI=1S/C17H12N2O4/c20-15-10-9-11-5-1-2-6-12(11)16(15)17(21)18-13-7-3-4-8-14(13)19(22)23/h1-10,20H,(H,18,21). The topological polar surface area (TPSA) is 92.5 Å². The number of anilines is 1. The van der Waals surface area contributed by atoms with Gasteiger partial charge in [0.15, 0.2) is 0 Å². The second-order valence-electron chi connectivity index (χ2n) is 4.91. The fourth-order valence-corrected chi connectivity index (χ4v) is 2.42. The second-order valence-corrected chi connectivity index (χ2v) is 4.91. The molecule has 0 unspecified atom stereocenters. The molecule has 0 saturated carbocycles. The van der Waals surface area contributed by atoms with Crippen molar-refractivity contribution in [2.24, 2.45) is 0 Å². The zero-order valence-electron chi connectivity index (χ0n) is 11.9. The van der Waals surface area contributed by atoms with Gasteiger partial charge in [0.25, 0.3) is 11.6 Å². The number of amides is 1. The highest BCUT2D eigenvalue weighted by Crippen LogP contribution is 2.29. The van der Waals surface area contributed by atoms with Gasteiger partial charge in [-0.1, -0.05) is 42.5 Å². The lowest BCUT2D eigenvalue weighted by Gasteiger charge is -2.10. The number of nitrogens with zero attached hydrogens (tertiary/aromatic N) is 1. The van der Waals surface area contributed by atoms with E-state index in [0.29, 0.717) is 5.39 Å². The molecule has 0 aromatic heterocycles. The number of benzene rings is 3. The average molecular weight is 308 g/mol. The number of hydrogen-bond donors (Lipinski definition) is 2. The number of aromatic hydroxyl groups is 1. The normalized spacial score (nSPS) is 10.4. The van der Waals surface area contributed by atoms with Gasteiger partial charge in [-0.15, -0.1) is 0 Å². The zero-order valence-corrected chi connectivity index (χ0v) is 11.9. The molecule has 6 nitrogen and oxygen atoms in total. The van der Waals surface area contributed by atoms with E-state index < -0.39 is 10.8 Å². The Morgan fingerprint density at radius 2 is 1.70 bits per heavy atom. The first-order valence-corrected chi connectivity index (χ1v) is 6.83. The van der Waals surface area contributed by atoms with Crippen LogP contribution in [0.1, 0.15) is 10.4 Å². The number of nitrogens with one attached hydrogen (secondary N) is 1. The number of rotatable bonds is 3. The molecular formula is C17H12N2O4. The van der Waals surface area contributed by atoms with Crippen LogP contribution in [0, 0.1) is 10.1 Å². The van der Waals surface area contributed by atoms with Crippen molar-refractivity contribution in [2.45, 2.75) is 0 Å². The number of carbonyl (C=O) groups is 1. The zero-order chi connectivity index (χ0) is 16.4. The summed E-state index contributed by atoms with van der Waals surface area (Å²) in [6, 6.07) is 16.1. The van der Waals surface area contributed by atoms with Gasteiger partial charge in [-0.3, -0.25) is 14.9 Å². The van der Waals surface area contributed by atoms with Gasteiger partial charge >= 0.3 is 0 Å². The Labute approximate surface area is 131 Å². The Balaban J connectivity index is 2.06. The molecule has 114 valence electrons. The SMILES string of the molecule is O=C(Nc1ccccc1[N+](=O)[O-])c1c(O)ccc2ccccc12. The van der Waals surface area contributed by atoms with Crippen LogP contribution in [-0.2, 0) is 0 Å². The third-order valence-electron chi connectivity index (χ3n) is 3.48. The molecule has 2 N–H and O–H groups in total. The van der Waals surface area contributed by atoms with Crippen LogP contribution in [-0.4, -0.2) is 15.9 Å². The summed E-state index contributed by atoms with van der Waals surface area (Å²) < 4.78 is 0. The summed E-state index contributed by atoms with van der Waals surface area (Å²) in [5.74, 6) is -0.784. The van der Waals surface area contributed by atoms with E-state index in [-0.39, 0.29) is 22.7 Å². The fraction of sp³-hybridized carbons (Fsp3) is 0. The minimum Gasteiger partial charge on any atom is -0.507 e. The molecule has 0 aliphatic carbocycles. The Morgan fingerprint density at radius 1 is 1.00 bits per heavy atom. The first-order valence-electron chi connectivity index (χ1n) is 6.83. The number of phenolic OH excluding ortho intramolecular Hbond substituents is 1. The number of nitro benzene ring substituents is 1. The van der Waals surface area contributed by atoms with Crippen molar-refractivity contribution in [1.29, 1.82) is 0 Å². The summed E-state index contributed by atoms with van der Waals surface area (Å²) in [6.45, 7) is 0. The Morgan fingerprint density at radius 3 is 2.48 bits per heavy atom. The van der Waals surface area contributed by atoms with Gasteiger partial charge < -0.3 is 10.4 Å². The number of para-hydroxylation sites is 2. The molecule has 6 heteroatoms. The van der Waals surface area contributed by atoms with Crippen LogP contribution in [0.5, 0.6) is 5.75 Å². The third-order valence-corrected chi connectivity index (χ3v) is 3.48. The summed E-state index contributed by atoms with van der Waals surface area (Å²) in [5, 5.41) is 24.9. The number of phenols is 1. The van der Waals surface area contributed by atoms with E-state index in [1.165, 1.54) is 24.3 Å². The van der Waals surface area contributed by atoms with E-state index in [4.69, 9.17) is 0 Å². The molecule has 0 aliphatic heterocycles. The molecule has 0 aliphatic rings. The quantitative estimate of drug-likeness (QED) is 0.570. The highest BCUT2D eigenvalue weighted by Gasteiger charge is 2.19. The van der Waals surface area contributed by atoms with Gasteiger partial charge in [0, 0.05) is 6.07 Å². The van der Waals surface area contributed by atoms with Gasteiger partial charge in [0.1, 0.15) is 11.4 Å². The number of hydrogen-bond acceptors (Lipinski definition) is 4. The lowest BCUT2D eigenvalue weighted by Crippen LogP contribution is -2.13. The molecule has 0 radical (unpaired) electrons. The lowest BCUT2D eigenvalue weighted by molar-refractivity contribution is -0.383. The molecule has 0 atom stereocenters. The minimum absolute atomic E-state index is 0.0786. The Hall–Kier alpha value is -3.41. The summed E-state index contributed by atoms with van der Waals surface area (Å²) in [7, 11) is 0. The fourth-order valence-electron chi connectivity index (χ4n) is 2.42. The van der Waals surface area contributed by atoms with Crippen molar-refractivity contribution in [2.75, 3.05) is 5.32 Å². The highest BCUT2D eigenvalue weighted by molar-refractivity contribution is 6.15. The van der Waals surface area contributed by atoms with Gasteiger partial charge in [-0.2, -0.15) is 0 Å². The van der Waals surface area contributed by atoms with Crippen LogP contribution in [0.2, 0.25) is 0 Å². The molecule has 1 amide bonds. The second kappa shape index (κ2) is 5.76. The van der Waals surface area contributed by atoms with E-state index in [1.807, 2.05) is 12.1 Å². The maximum absolute atomic E-state index is 12.5. The highest BCUT2D eigenvalue weighted by atomic mass is 16.6. The summed E-state index contributed by atoms with van der Waals surface area (Å²) in [4.78, 5) is 23.0. The molecule has 0 saturated heterocycles. The number of carbonyl (C=O) groups excluding carboxylic acids is 1. The van der Waals surface area contributed by atoms with Crippen LogP contribution < -0.4 is 5.32 Å². The average Bonchev–Trinajstić information content (AvgIpc) is 2.54. The molecule has 23 heavy (non-hydrogen) atoms. The number of nitro groups is 1. The predicted molar refractivity (Wildman–Crippen MR) is 86.7 cm³/mol. The first kappa shape index (κ1) is 14.5. The van der Waals surface area contributed by atoms with E-state index in [0.717, 1.165) is 5.39 Å². The first-order chi connectivity index (χ1) is 11.1. The van der Waals surface area contributed by atoms with Gasteiger partial charge in [0.05, 0.1) is 10.5 Å². The summed E-state index contributed by atoms with van der Waals surface area (Å²) >= 11 is 0. The molecule has 0 spiro atoms. The van der Waals surface area contributed by atoms with Crippen molar-refractivity contribution in [3.63, 3.8) is 0 Å². The van der Waals surface area contributed by atoms with E-state index in [1.54, 1.807) is 24.3 Å². The molecule has 0 fully saturated rings. The predicted octanol–water partition coefficient (Wildman–Crippen LogP) is 3.71. The molecule has 3 aromatic rings. The van der Waals surface area contributed by atoms with Crippen LogP contribution in [0.3, 0.4) is 0 Å². The van der Waals surface area contributed by atoms with E-state index in [2.05, 4.69) is 5.32 Å². The van der Waals surface area contributed by atoms with Gasteiger partial charge in [0.2, 0.25) is 0 Å². The minimum atomic E-state index is -0.603. The van der Waals surface area contributed by atoms with Crippen LogP contribution in [0.4, 0.5) is 11.4 Å². The maximum atomic E-state index is 12.5. The van der Waals surface area contributed by atoms with E-state index >= 15 is 0 Å². The van der Waals surface area contributed by atoms with E-state index in [9.17, 15) is 20.0 Å². The third kappa shape index (κ3) is 2.69. The maximum Gasteiger partial charge on any atom is 0.292 e. The van der Waals surface area contributed by atoms with Crippen molar-refractivity contribution < 1.29 is 14.8 Å². The lowest BCUT2D eigenvalue weighted by atomic mass is 10.0. The van der Waals surface area contributed by atoms with Gasteiger partial charge in [-0.25, -0.2) is 0 Å². The summed E-state index contributed by atoms with van der Waals surface area (Å²) in [5.41, 5.74) is -0.0448. The van der Waals surface area contributed by atoms with Gasteiger partial charge in [-0.05, 0) is 22.9 Å². The monoisotopic (exact) mass is 308 g/mol. The number of fused-ring (bicyclic) bond motifs is 1. The molecule has 0 heterocycles. The smallest absolute Gasteiger partial charge is 0.292 e. The Bertz CT molecular complexity index is 921.